The maximum atomic E-state index is 12.1. The quantitative estimate of drug-likeness (QED) is 0.334. The van der Waals surface area contributed by atoms with Crippen molar-refractivity contribution in [3.8, 4) is 39.6 Å². The number of nitrogens with zero attached hydrogens (tertiary/aromatic N) is 1. The molecule has 6 heteroatoms. The number of H-pyrrole nitrogens is 1. The van der Waals surface area contributed by atoms with Gasteiger partial charge in [-0.3, -0.25) is 0 Å². The largest absolute Gasteiger partial charge is 0.497 e. The Morgan fingerprint density at radius 3 is 1.94 bits per heavy atom. The van der Waals surface area contributed by atoms with Crippen LogP contribution >= 0.6 is 0 Å². The lowest BCUT2D eigenvalue weighted by Crippen LogP contribution is -1.93. The molecule has 0 radical (unpaired) electrons. The van der Waals surface area contributed by atoms with Crippen LogP contribution in [0.5, 0.6) is 17.2 Å². The third-order valence-corrected chi connectivity index (χ3v) is 5.71. The van der Waals surface area contributed by atoms with E-state index in [9.17, 15) is 4.91 Å². The molecule has 1 N–H and O–H groups in total. The van der Waals surface area contributed by atoms with E-state index in [-0.39, 0.29) is 0 Å². The molecule has 0 aromatic heterocycles. The van der Waals surface area contributed by atoms with Crippen molar-refractivity contribution in [2.45, 2.75) is 0 Å². The second-order valence-electron chi connectivity index (χ2n) is 7.24. The summed E-state index contributed by atoms with van der Waals surface area (Å²) in [7, 11) is 4.87. The minimum Gasteiger partial charge on any atom is -0.497 e. The number of aromatic amines is 1. The van der Waals surface area contributed by atoms with E-state index in [0.717, 1.165) is 49.8 Å². The van der Waals surface area contributed by atoms with E-state index in [1.807, 2.05) is 60.7 Å². The summed E-state index contributed by atoms with van der Waals surface area (Å²) >= 11 is 0. The zero-order valence-corrected chi connectivity index (χ0v) is 17.4. The van der Waals surface area contributed by atoms with Gasteiger partial charge in [0.15, 0.2) is 0 Å². The molecule has 0 amide bonds. The average molecular weight is 412 g/mol. The zero-order chi connectivity index (χ0) is 21.5. The molecule has 1 aliphatic carbocycles. The van der Waals surface area contributed by atoms with Gasteiger partial charge in [0.05, 0.1) is 27.0 Å². The van der Waals surface area contributed by atoms with Gasteiger partial charge in [0.1, 0.15) is 22.9 Å². The van der Waals surface area contributed by atoms with E-state index in [1.165, 1.54) is 0 Å². The van der Waals surface area contributed by atoms with Gasteiger partial charge in [-0.05, 0) is 76.8 Å². The Kier molecular flexibility index (Phi) is 4.47. The second kappa shape index (κ2) is 7.32. The number of hydrogen-bond donors (Lipinski definition) is 1. The van der Waals surface area contributed by atoms with Crippen LogP contribution in [0.25, 0.3) is 44.1 Å². The van der Waals surface area contributed by atoms with E-state index >= 15 is 0 Å². The van der Waals surface area contributed by atoms with Gasteiger partial charge in [-0.25, -0.2) is 0 Å². The maximum absolute atomic E-state index is 12.1. The average Bonchev–Trinajstić information content (AvgIpc) is 3.17. The minimum atomic E-state index is 0.394. The summed E-state index contributed by atoms with van der Waals surface area (Å²) in [4.78, 5) is 15.6. The highest BCUT2D eigenvalue weighted by Gasteiger charge is 2.26. The first-order valence-electron chi connectivity index (χ1n) is 9.79. The highest BCUT2D eigenvalue weighted by molar-refractivity contribution is 6.22. The van der Waals surface area contributed by atoms with Crippen molar-refractivity contribution < 1.29 is 14.2 Å². The Balaban J connectivity index is 1.96. The minimum absolute atomic E-state index is 0.394. The summed E-state index contributed by atoms with van der Waals surface area (Å²) in [6.45, 7) is 0. The number of hydrogen-bond acceptors (Lipinski definition) is 5. The van der Waals surface area contributed by atoms with Crippen LogP contribution in [0.1, 0.15) is 0 Å². The van der Waals surface area contributed by atoms with Gasteiger partial charge in [-0.1, -0.05) is 0 Å². The van der Waals surface area contributed by atoms with Gasteiger partial charge in [-0.2, -0.15) is 0 Å². The number of fused-ring (bicyclic) bond motifs is 5. The summed E-state index contributed by atoms with van der Waals surface area (Å²) in [6, 6.07) is 19.3. The van der Waals surface area contributed by atoms with Crippen LogP contribution in [0.2, 0.25) is 0 Å². The maximum Gasteiger partial charge on any atom is 0.124 e. The highest BCUT2D eigenvalue weighted by Crippen LogP contribution is 2.52. The van der Waals surface area contributed by atoms with Crippen molar-refractivity contribution in [2.75, 3.05) is 21.3 Å². The number of nitrogens with one attached hydrogen (secondary N) is 1. The number of ether oxygens (including phenoxy) is 3. The third-order valence-electron chi connectivity index (χ3n) is 5.71. The SMILES string of the molecule is COc1ccc(-c2[nH]c3ccc(OC)cc3c3c(N=O)c4cc(OC)ccc4c2-3)cc1. The molecular formula is C25H20N2O4. The molecule has 0 atom stereocenters. The topological polar surface area (TPSA) is 72.9 Å². The van der Waals surface area contributed by atoms with Crippen molar-refractivity contribution >= 4 is 27.4 Å². The van der Waals surface area contributed by atoms with E-state index in [2.05, 4.69) is 10.2 Å². The van der Waals surface area contributed by atoms with Crippen LogP contribution in [0.4, 0.5) is 5.69 Å². The fourth-order valence-electron chi connectivity index (χ4n) is 4.21. The van der Waals surface area contributed by atoms with E-state index in [0.29, 0.717) is 17.2 Å². The molecule has 2 aliphatic rings. The lowest BCUT2D eigenvalue weighted by Gasteiger charge is -2.15. The predicted molar refractivity (Wildman–Crippen MR) is 123 cm³/mol. The van der Waals surface area contributed by atoms with Crippen LogP contribution in [-0.2, 0) is 0 Å². The first-order valence-corrected chi connectivity index (χ1v) is 9.79. The van der Waals surface area contributed by atoms with Crippen molar-refractivity contribution in [1.82, 2.24) is 4.98 Å². The lowest BCUT2D eigenvalue weighted by atomic mass is 9.95. The summed E-state index contributed by atoms with van der Waals surface area (Å²) in [6.07, 6.45) is 0. The highest BCUT2D eigenvalue weighted by atomic mass is 16.5. The molecule has 0 bridgehead atoms. The Hall–Kier alpha value is -4.06. The molecule has 3 aromatic carbocycles. The van der Waals surface area contributed by atoms with E-state index in [4.69, 9.17) is 14.2 Å². The summed E-state index contributed by atoms with van der Waals surface area (Å²) in [5.74, 6) is 2.15. The van der Waals surface area contributed by atoms with Gasteiger partial charge in [0.2, 0.25) is 0 Å². The first kappa shape index (κ1) is 18.9. The van der Waals surface area contributed by atoms with Crippen LogP contribution in [-0.4, -0.2) is 26.3 Å². The fraction of sp³-hybridized carbons (Fsp3) is 0.120. The molecule has 0 spiro atoms. The predicted octanol–water partition coefficient (Wildman–Crippen LogP) is 6.52. The molecule has 0 fully saturated rings. The smallest absolute Gasteiger partial charge is 0.124 e. The number of pyridine rings is 1. The second-order valence-corrected chi connectivity index (χ2v) is 7.24. The van der Waals surface area contributed by atoms with Gasteiger partial charge in [-0.15, -0.1) is 4.91 Å². The Morgan fingerprint density at radius 1 is 0.677 bits per heavy atom. The number of rotatable bonds is 5. The van der Waals surface area contributed by atoms with Crippen LogP contribution in [0, 0.1) is 4.91 Å². The molecule has 1 heterocycles. The van der Waals surface area contributed by atoms with E-state index in [1.54, 1.807) is 21.3 Å². The lowest BCUT2D eigenvalue weighted by molar-refractivity contribution is 0.415. The molecule has 0 saturated heterocycles. The molecule has 6 nitrogen and oxygen atoms in total. The molecule has 31 heavy (non-hydrogen) atoms. The van der Waals surface area contributed by atoms with Crippen LogP contribution < -0.4 is 14.2 Å². The van der Waals surface area contributed by atoms with E-state index < -0.39 is 0 Å². The number of nitroso groups, excluding NO2 is 1. The van der Waals surface area contributed by atoms with Crippen LogP contribution in [0.15, 0.2) is 65.8 Å². The summed E-state index contributed by atoms with van der Waals surface area (Å²) in [5, 5.41) is 6.00. The van der Waals surface area contributed by atoms with Crippen molar-refractivity contribution in [3.63, 3.8) is 0 Å². The molecule has 154 valence electrons. The Morgan fingerprint density at radius 2 is 1.29 bits per heavy atom. The summed E-state index contributed by atoms with van der Waals surface area (Å²) in [5.41, 5.74) is 4.87. The van der Waals surface area contributed by atoms with Crippen LogP contribution in [0.3, 0.4) is 0 Å². The number of benzene rings is 3. The van der Waals surface area contributed by atoms with Crippen molar-refractivity contribution in [1.29, 1.82) is 0 Å². The fourth-order valence-corrected chi connectivity index (χ4v) is 4.21. The van der Waals surface area contributed by atoms with Gasteiger partial charge in [0.25, 0.3) is 0 Å². The van der Waals surface area contributed by atoms with Crippen molar-refractivity contribution in [3.05, 3.63) is 65.6 Å². The molecule has 5 rings (SSSR count). The zero-order valence-electron chi connectivity index (χ0n) is 17.4. The number of methoxy groups -OCH3 is 3. The van der Waals surface area contributed by atoms with Crippen molar-refractivity contribution in [2.24, 2.45) is 5.18 Å². The normalized spacial score (nSPS) is 11.2. The third kappa shape index (κ3) is 2.87. The molecule has 3 aromatic rings. The molecule has 1 aliphatic heterocycles. The molecule has 0 unspecified atom stereocenters. The monoisotopic (exact) mass is 412 g/mol. The molecular weight excluding hydrogens is 392 g/mol. The summed E-state index contributed by atoms with van der Waals surface area (Å²) < 4.78 is 16.1. The Labute approximate surface area is 178 Å². The standard InChI is InChI=1S/C25H20N2O4/c1-29-15-6-4-14(5-7-15)24-22-18-10-8-16(30-2)12-19(18)25(27-28)23(22)20-13-17(31-3)9-11-21(20)26-24/h4-13,26H,1-3H3. The Bertz CT molecular complexity index is 1400. The van der Waals surface area contributed by atoms with Gasteiger partial charge >= 0.3 is 0 Å². The van der Waals surface area contributed by atoms with Gasteiger partial charge < -0.3 is 19.2 Å². The first-order chi connectivity index (χ1) is 15.2. The molecule has 0 saturated carbocycles. The van der Waals surface area contributed by atoms with Gasteiger partial charge in [0, 0.05) is 27.4 Å². The number of aromatic nitrogens is 1.